The maximum atomic E-state index is 13.6. The van der Waals surface area contributed by atoms with Gasteiger partial charge in [0, 0.05) is 26.7 Å². The average molecular weight is 362 g/mol. The van der Waals surface area contributed by atoms with Gasteiger partial charge in [-0.3, -0.25) is 0 Å². The highest BCUT2D eigenvalue weighted by Gasteiger charge is 2.33. The first-order chi connectivity index (χ1) is 11.8. The molecule has 0 saturated carbocycles. The van der Waals surface area contributed by atoms with Gasteiger partial charge < -0.3 is 14.5 Å². The Kier molecular flexibility index (Phi) is 7.22. The van der Waals surface area contributed by atoms with E-state index in [-0.39, 0.29) is 0 Å². The van der Waals surface area contributed by atoms with E-state index >= 15 is 0 Å². The molecule has 0 bridgehead atoms. The summed E-state index contributed by atoms with van der Waals surface area (Å²) in [4.78, 5) is 4.43. The molecule has 1 saturated heterocycles. The number of hydrogen-bond acceptors (Lipinski definition) is 3. The van der Waals surface area contributed by atoms with Gasteiger partial charge >= 0.3 is 6.18 Å². The van der Waals surface area contributed by atoms with Crippen molar-refractivity contribution in [2.75, 3.05) is 46.9 Å². The Balaban J connectivity index is 1.81. The fourth-order valence-corrected chi connectivity index (χ4v) is 3.32. The lowest BCUT2D eigenvalue weighted by molar-refractivity contribution is -0.140. The van der Waals surface area contributed by atoms with Crippen LogP contribution in [0, 0.1) is 11.7 Å². The normalized spacial score (nSPS) is 17.4. The smallest absolute Gasteiger partial charge is 0.383 e. The van der Waals surface area contributed by atoms with Gasteiger partial charge in [0.25, 0.3) is 0 Å². The van der Waals surface area contributed by atoms with Crippen LogP contribution >= 0.6 is 0 Å². The fraction of sp³-hybridized carbons (Fsp3) is 0.667. The zero-order chi connectivity index (χ0) is 18.4. The molecular formula is C18H26F4N2O. The summed E-state index contributed by atoms with van der Waals surface area (Å²) in [5.74, 6) is -0.645. The molecule has 0 aliphatic carbocycles. The molecule has 0 aromatic heterocycles. The predicted octanol–water partition coefficient (Wildman–Crippen LogP) is 3.63. The zero-order valence-corrected chi connectivity index (χ0v) is 14.8. The molecule has 1 heterocycles. The number of likely N-dealkylation sites (tertiary alicyclic amines) is 1. The van der Waals surface area contributed by atoms with Crippen LogP contribution in [0.4, 0.5) is 17.6 Å². The van der Waals surface area contributed by atoms with E-state index in [9.17, 15) is 17.6 Å². The first-order valence-corrected chi connectivity index (χ1v) is 8.55. The van der Waals surface area contributed by atoms with E-state index in [1.807, 2.05) is 7.05 Å². The molecule has 0 atom stereocenters. The standard InChI is InChI=1S/C18H26F4N2O/c1-23(12-14-5-7-24(8-6-14)9-10-25-2)13-15-3-4-16(17(19)11-15)18(20,21)22/h3-4,11,14H,5-10,12-13H2,1-2H3. The van der Waals surface area contributed by atoms with Crippen LogP contribution in [0.1, 0.15) is 24.0 Å². The van der Waals surface area contributed by atoms with Crippen LogP contribution in [0.15, 0.2) is 18.2 Å². The van der Waals surface area contributed by atoms with Crippen molar-refractivity contribution in [2.24, 2.45) is 5.92 Å². The Morgan fingerprint density at radius 3 is 2.48 bits per heavy atom. The molecule has 1 aromatic carbocycles. The quantitative estimate of drug-likeness (QED) is 0.689. The second-order valence-electron chi connectivity index (χ2n) is 6.79. The molecule has 1 aliphatic heterocycles. The first kappa shape index (κ1) is 20.1. The fourth-order valence-electron chi connectivity index (χ4n) is 3.32. The van der Waals surface area contributed by atoms with Crippen LogP contribution in [0.2, 0.25) is 0 Å². The summed E-state index contributed by atoms with van der Waals surface area (Å²) in [5.41, 5.74) is -0.645. The van der Waals surface area contributed by atoms with E-state index in [0.717, 1.165) is 57.8 Å². The molecule has 1 aliphatic rings. The summed E-state index contributed by atoms with van der Waals surface area (Å²) in [6.07, 6.45) is -2.46. The van der Waals surface area contributed by atoms with Gasteiger partial charge in [0.2, 0.25) is 0 Å². The van der Waals surface area contributed by atoms with Crippen LogP contribution in [0.25, 0.3) is 0 Å². The van der Waals surface area contributed by atoms with Crippen LogP contribution < -0.4 is 0 Å². The zero-order valence-electron chi connectivity index (χ0n) is 14.8. The molecule has 7 heteroatoms. The van der Waals surface area contributed by atoms with E-state index in [4.69, 9.17) is 4.74 Å². The maximum absolute atomic E-state index is 13.6. The Bertz CT molecular complexity index is 542. The summed E-state index contributed by atoms with van der Waals surface area (Å²) in [7, 11) is 3.62. The molecule has 0 radical (unpaired) electrons. The van der Waals surface area contributed by atoms with Crippen molar-refractivity contribution >= 4 is 0 Å². The third-order valence-corrected chi connectivity index (χ3v) is 4.68. The topological polar surface area (TPSA) is 15.7 Å². The van der Waals surface area contributed by atoms with Crippen molar-refractivity contribution in [3.05, 3.63) is 35.1 Å². The molecule has 1 fully saturated rings. The van der Waals surface area contributed by atoms with Gasteiger partial charge in [0.05, 0.1) is 12.2 Å². The molecule has 1 aromatic rings. The van der Waals surface area contributed by atoms with E-state index in [2.05, 4.69) is 9.80 Å². The van der Waals surface area contributed by atoms with E-state index in [1.165, 1.54) is 6.07 Å². The van der Waals surface area contributed by atoms with Gasteiger partial charge in [-0.05, 0) is 56.6 Å². The average Bonchev–Trinajstić information content (AvgIpc) is 2.53. The van der Waals surface area contributed by atoms with Crippen molar-refractivity contribution in [1.82, 2.24) is 9.80 Å². The number of benzene rings is 1. The van der Waals surface area contributed by atoms with Gasteiger partial charge in [-0.2, -0.15) is 13.2 Å². The van der Waals surface area contributed by atoms with Crippen LogP contribution in [0.5, 0.6) is 0 Å². The Hall–Kier alpha value is -1.18. The molecule has 2 rings (SSSR count). The second-order valence-corrected chi connectivity index (χ2v) is 6.79. The highest BCUT2D eigenvalue weighted by atomic mass is 19.4. The Morgan fingerprint density at radius 2 is 1.92 bits per heavy atom. The second kappa shape index (κ2) is 8.96. The van der Waals surface area contributed by atoms with E-state index in [1.54, 1.807) is 7.11 Å². The summed E-state index contributed by atoms with van der Waals surface area (Å²) in [5, 5.41) is 0. The minimum Gasteiger partial charge on any atom is -0.383 e. The summed E-state index contributed by atoms with van der Waals surface area (Å²) < 4.78 is 56.5. The van der Waals surface area contributed by atoms with Gasteiger partial charge in [-0.1, -0.05) is 6.07 Å². The third kappa shape index (κ3) is 6.24. The van der Waals surface area contributed by atoms with E-state index in [0.29, 0.717) is 18.0 Å². The summed E-state index contributed by atoms with van der Waals surface area (Å²) in [6, 6.07) is 3.18. The van der Waals surface area contributed by atoms with E-state index < -0.39 is 17.6 Å². The minimum atomic E-state index is -4.65. The van der Waals surface area contributed by atoms with Crippen molar-refractivity contribution in [2.45, 2.75) is 25.6 Å². The van der Waals surface area contributed by atoms with Gasteiger partial charge in [0.15, 0.2) is 0 Å². The highest BCUT2D eigenvalue weighted by molar-refractivity contribution is 5.26. The number of nitrogens with zero attached hydrogens (tertiary/aromatic N) is 2. The first-order valence-electron chi connectivity index (χ1n) is 8.55. The van der Waals surface area contributed by atoms with Crippen molar-refractivity contribution in [3.63, 3.8) is 0 Å². The molecule has 0 N–H and O–H groups in total. The number of ether oxygens (including phenoxy) is 1. The van der Waals surface area contributed by atoms with Gasteiger partial charge in [0.1, 0.15) is 5.82 Å². The SMILES string of the molecule is COCCN1CCC(CN(C)Cc2ccc(C(F)(F)F)c(F)c2)CC1. The number of methoxy groups -OCH3 is 1. The minimum absolute atomic E-state index is 0.443. The number of halogens is 4. The number of alkyl halides is 3. The largest absolute Gasteiger partial charge is 0.419 e. The number of hydrogen-bond donors (Lipinski definition) is 0. The molecule has 0 unspecified atom stereocenters. The number of rotatable bonds is 7. The van der Waals surface area contributed by atoms with Gasteiger partial charge in [-0.15, -0.1) is 0 Å². The lowest BCUT2D eigenvalue weighted by Gasteiger charge is -2.33. The molecule has 0 spiro atoms. The van der Waals surface area contributed by atoms with Crippen molar-refractivity contribution in [1.29, 1.82) is 0 Å². The van der Waals surface area contributed by atoms with Crippen molar-refractivity contribution < 1.29 is 22.3 Å². The van der Waals surface area contributed by atoms with Crippen molar-refractivity contribution in [3.8, 4) is 0 Å². The highest BCUT2D eigenvalue weighted by Crippen LogP contribution is 2.31. The molecule has 25 heavy (non-hydrogen) atoms. The molecule has 3 nitrogen and oxygen atoms in total. The summed E-state index contributed by atoms with van der Waals surface area (Å²) >= 11 is 0. The third-order valence-electron chi connectivity index (χ3n) is 4.68. The maximum Gasteiger partial charge on any atom is 0.419 e. The van der Waals surface area contributed by atoms with Crippen LogP contribution in [-0.2, 0) is 17.5 Å². The lowest BCUT2D eigenvalue weighted by Crippen LogP contribution is -2.39. The lowest BCUT2D eigenvalue weighted by atomic mass is 9.96. The van der Waals surface area contributed by atoms with Gasteiger partial charge in [-0.25, -0.2) is 4.39 Å². The van der Waals surface area contributed by atoms with Crippen LogP contribution in [-0.4, -0.2) is 56.7 Å². The number of piperidine rings is 1. The Labute approximate surface area is 146 Å². The van der Waals surface area contributed by atoms with Crippen LogP contribution in [0.3, 0.4) is 0 Å². The predicted molar refractivity (Wildman–Crippen MR) is 88.8 cm³/mol. The Morgan fingerprint density at radius 1 is 1.24 bits per heavy atom. The molecule has 142 valence electrons. The monoisotopic (exact) mass is 362 g/mol. The molecular weight excluding hydrogens is 336 g/mol. The summed E-state index contributed by atoms with van der Waals surface area (Å²) in [6.45, 7) is 5.07. The molecule has 0 amide bonds.